The maximum atomic E-state index is 11.1. The fourth-order valence-electron chi connectivity index (χ4n) is 3.61. The van der Waals surface area contributed by atoms with E-state index in [4.69, 9.17) is 36.7 Å². The van der Waals surface area contributed by atoms with E-state index in [2.05, 4.69) is 40.0 Å². The molecule has 282 valence electrons. The van der Waals surface area contributed by atoms with E-state index in [1.165, 1.54) is 102 Å². The van der Waals surface area contributed by atoms with E-state index in [9.17, 15) is 24.0 Å². The van der Waals surface area contributed by atoms with Crippen LogP contribution in [0.25, 0.3) is 4.98 Å². The van der Waals surface area contributed by atoms with E-state index >= 15 is 0 Å². The molecule has 0 aliphatic carbocycles. The van der Waals surface area contributed by atoms with Gasteiger partial charge in [0.2, 0.25) is 5.39 Å². The third kappa shape index (κ3) is 20.0. The number of carboxylic acids is 5. The first-order chi connectivity index (χ1) is 26.3. The van der Waals surface area contributed by atoms with E-state index in [0.29, 0.717) is 20.4 Å². The van der Waals surface area contributed by atoms with Crippen molar-refractivity contribution in [2.45, 2.75) is 14.7 Å². The first-order valence-corrected chi connectivity index (χ1v) is 27.3. The molecule has 0 unspecified atom stereocenters. The number of rotatable bonds is 8. The molecule has 0 bridgehead atoms. The molecule has 0 fully saturated rings. The molecule has 56 heavy (non-hydrogen) atoms. The van der Waals surface area contributed by atoms with E-state index in [0.717, 1.165) is 0 Å². The van der Waals surface area contributed by atoms with Crippen LogP contribution in [0.1, 0.15) is 51.8 Å². The van der Waals surface area contributed by atoms with Gasteiger partial charge in [-0.1, -0.05) is 82.3 Å². The molecule has 21 heteroatoms. The SMILES string of the molecule is N#[N+]c1ccccc1C(=O)O.Nc1ccccc1C(=O)O.O=C(O)c1ccccc1S.O=C(O)c1ccccc1SSc1ccccc1C(=O)O.S=[SH+].[Cl-].[Na][Na]. The number of carboxylic acid groups (broad SMARTS) is 5. The van der Waals surface area contributed by atoms with E-state index in [1.54, 1.807) is 84.9 Å². The maximum absolute atomic E-state index is 11.1. The van der Waals surface area contributed by atoms with Crippen LogP contribution in [0, 0.1) is 5.39 Å². The normalized spacial score (nSPS) is 8.86. The molecule has 0 radical (unpaired) electrons. The van der Waals surface area contributed by atoms with Crippen LogP contribution < -0.4 is 18.1 Å². The van der Waals surface area contributed by atoms with Crippen LogP contribution in [0.4, 0.5) is 11.4 Å². The van der Waals surface area contributed by atoms with Gasteiger partial charge in [0, 0.05) is 26.4 Å². The second-order valence-electron chi connectivity index (χ2n) is 9.41. The predicted octanol–water partition coefficient (Wildman–Crippen LogP) is 4.36. The van der Waals surface area contributed by atoms with Crippen molar-refractivity contribution >= 4 is 141 Å². The number of benzene rings is 5. The Morgan fingerprint density at radius 2 is 0.857 bits per heavy atom. The van der Waals surface area contributed by atoms with Gasteiger partial charge < -0.3 is 43.7 Å². The summed E-state index contributed by atoms with van der Waals surface area (Å²) in [7, 11) is 2.47. The van der Waals surface area contributed by atoms with Crippen LogP contribution in [0.15, 0.2) is 136 Å². The first-order valence-electron chi connectivity index (χ1n) is 15.2. The summed E-state index contributed by atoms with van der Waals surface area (Å²) in [4.78, 5) is 57.8. The minimum atomic E-state index is -1.10. The van der Waals surface area contributed by atoms with E-state index in [-0.39, 0.29) is 45.9 Å². The molecule has 5 rings (SSSR count). The van der Waals surface area contributed by atoms with Gasteiger partial charge in [-0.3, -0.25) is 0 Å². The average molecular weight is 893 g/mol. The molecule has 0 atom stereocenters. The minimum absolute atomic E-state index is 0. The van der Waals surface area contributed by atoms with Crippen LogP contribution in [0.3, 0.4) is 0 Å². The molecular formula is C35H29ClN3Na2O10S5+. The second-order valence-corrected chi connectivity index (χ2v) is 12.1. The number of nitrogens with two attached hydrogens (primary N) is 1. The molecule has 0 aromatic heterocycles. The summed E-state index contributed by atoms with van der Waals surface area (Å²) in [6, 6.07) is 32.2. The fourth-order valence-corrected chi connectivity index (χ4v) is 6.21. The molecule has 0 aliphatic heterocycles. The van der Waals surface area contributed by atoms with Crippen LogP contribution in [-0.4, -0.2) is 99.0 Å². The topological polar surface area (TPSA) is 241 Å². The molecule has 0 saturated carbocycles. The van der Waals surface area contributed by atoms with E-state index < -0.39 is 29.8 Å². The van der Waals surface area contributed by atoms with Crippen LogP contribution in [0.2, 0.25) is 0 Å². The Balaban J connectivity index is 0. The number of nitrogen functional groups attached to an aromatic ring is 1. The number of hydrogen-bond acceptors (Lipinski definition) is 11. The number of diazo groups is 1. The molecule has 5 aromatic carbocycles. The summed E-state index contributed by atoms with van der Waals surface area (Å²) in [6.45, 7) is 0. The quantitative estimate of drug-likeness (QED) is 0.0286. The number of thiol groups is 2. The molecular weight excluding hydrogens is 864 g/mol. The molecule has 5 aromatic rings. The Kier molecular flexibility index (Phi) is 30.7. The zero-order chi connectivity index (χ0) is 41.9. The summed E-state index contributed by atoms with van der Waals surface area (Å²) in [6.07, 6.45) is 0. The van der Waals surface area contributed by atoms with Crippen molar-refractivity contribution in [1.82, 2.24) is 0 Å². The summed E-state index contributed by atoms with van der Waals surface area (Å²) in [5.74, 6) is -5.03. The number of halogens is 1. The van der Waals surface area contributed by atoms with Gasteiger partial charge in [0.05, 0.1) is 22.3 Å². The van der Waals surface area contributed by atoms with Gasteiger partial charge in [0.15, 0.2) is 10.5 Å². The second kappa shape index (κ2) is 31.5. The summed E-state index contributed by atoms with van der Waals surface area (Å²) >= 11 is 13.7. The number of carbonyl (C=O) groups is 5. The molecule has 7 N–H and O–H groups in total. The van der Waals surface area contributed by atoms with Gasteiger partial charge in [-0.05, 0) is 54.6 Å². The van der Waals surface area contributed by atoms with Crippen LogP contribution >= 0.6 is 34.2 Å². The Morgan fingerprint density at radius 1 is 0.554 bits per heavy atom. The molecule has 0 saturated heterocycles. The van der Waals surface area contributed by atoms with E-state index in [1.807, 2.05) is 0 Å². The third-order valence-electron chi connectivity index (χ3n) is 6.02. The summed E-state index contributed by atoms with van der Waals surface area (Å²) in [5, 5.41) is 52.0. The van der Waals surface area contributed by atoms with Crippen LogP contribution in [0.5, 0.6) is 0 Å². The van der Waals surface area contributed by atoms with Crippen molar-refractivity contribution in [2.75, 3.05) is 5.73 Å². The standard InChI is InChI=1S/C14H10O4S2.C7H4N2O2.C7H7NO2.C7H6O2S.ClH.2Na.S2/c15-13(16)9-5-1-3-7-11(9)19-20-12-8-4-2-6-10(12)14(17)18;8-9-6-4-2-1-3-5(6)7(10)11;8-6-4-2-1-3-5(6)7(9)10;8-7(9)5-3-1-2-4-6(5)10;;;;1-2/h1-8H,(H,15,16)(H,17,18);1-4H;1-4H,8H2,(H,9,10);1-4,10H,(H,8,9);1H;;;/p+1. The number of hydrogen-bond donors (Lipinski definition) is 7. The predicted molar refractivity (Wildman–Crippen MR) is 223 cm³/mol. The van der Waals surface area contributed by atoms with Gasteiger partial charge in [-0.25, -0.2) is 24.0 Å². The van der Waals surface area contributed by atoms with Gasteiger partial charge in [0.1, 0.15) is 0 Å². The molecule has 0 spiro atoms. The van der Waals surface area contributed by atoms with Crippen molar-refractivity contribution in [3.63, 3.8) is 0 Å². The van der Waals surface area contributed by atoms with Crippen LogP contribution in [-0.2, 0) is 22.4 Å². The van der Waals surface area contributed by atoms with Crippen molar-refractivity contribution in [1.29, 1.82) is 5.39 Å². The number of anilines is 1. The van der Waals surface area contributed by atoms with Crippen molar-refractivity contribution in [3.8, 4) is 0 Å². The zero-order valence-electron chi connectivity index (χ0n) is 29.3. The van der Waals surface area contributed by atoms with Gasteiger partial charge in [-0.15, -0.1) is 12.6 Å². The third-order valence-corrected chi connectivity index (χ3v) is 8.90. The van der Waals surface area contributed by atoms with Crippen molar-refractivity contribution in [3.05, 3.63) is 154 Å². The zero-order valence-corrected chi connectivity index (χ0v) is 38.3. The Hall–Kier alpha value is -3.55. The summed E-state index contributed by atoms with van der Waals surface area (Å²) < 4.78 is 0. The Morgan fingerprint density at radius 3 is 1.16 bits per heavy atom. The Labute approximate surface area is 379 Å². The summed E-state index contributed by atoms with van der Waals surface area (Å²) in [5.41, 5.74) is 6.52. The number of nitrogens with zero attached hydrogens (tertiary/aromatic N) is 2. The molecule has 13 nitrogen and oxygen atoms in total. The fraction of sp³-hybridized carbons (Fsp3) is 0. The monoisotopic (exact) mass is 892 g/mol. The molecule has 0 heterocycles. The first kappa shape index (κ1) is 54.5. The van der Waals surface area contributed by atoms with Crippen molar-refractivity contribution < 1.29 is 61.9 Å². The molecule has 0 amide bonds. The van der Waals surface area contributed by atoms with Gasteiger partial charge >= 0.3 is 79.2 Å². The average Bonchev–Trinajstić information content (AvgIpc) is 3.19. The Bertz CT molecular complexity index is 2000. The number of para-hydroxylation sites is 1. The molecule has 0 aliphatic rings. The number of aromatic carboxylic acids is 5. The van der Waals surface area contributed by atoms with Gasteiger partial charge in [-0.2, -0.15) is 0 Å². The van der Waals surface area contributed by atoms with Crippen molar-refractivity contribution in [2.24, 2.45) is 0 Å². The van der Waals surface area contributed by atoms with Gasteiger partial charge in [0.25, 0.3) is 22.4 Å².